The van der Waals surface area contributed by atoms with Crippen molar-refractivity contribution in [1.82, 2.24) is 9.78 Å². The lowest BCUT2D eigenvalue weighted by Crippen LogP contribution is -2.20. The van der Waals surface area contributed by atoms with E-state index in [9.17, 15) is 18.4 Å². The second-order valence-corrected chi connectivity index (χ2v) is 7.12. The van der Waals surface area contributed by atoms with Crippen LogP contribution in [-0.2, 0) is 16.6 Å². The Hall–Kier alpha value is -2.72. The first-order valence-corrected chi connectivity index (χ1v) is 9.08. The molecule has 0 atom stereocenters. The van der Waals surface area contributed by atoms with E-state index in [0.717, 1.165) is 15.9 Å². The lowest BCUT2D eigenvalue weighted by molar-refractivity contribution is -0.119. The minimum absolute atomic E-state index is 0.0932. The topological polar surface area (TPSA) is 82.5 Å². The molecule has 3 rings (SSSR count). The van der Waals surface area contributed by atoms with Gasteiger partial charge in [-0.2, -0.15) is 13.9 Å². The molecule has 2 heterocycles. The van der Waals surface area contributed by atoms with Gasteiger partial charge < -0.3 is 14.8 Å². The third-order valence-corrected chi connectivity index (χ3v) is 5.14. The second-order valence-electron chi connectivity index (χ2n) is 5.69. The number of nitrogens with one attached hydrogen (secondary N) is 1. The Balaban J connectivity index is 1.58. The molecule has 0 aliphatic rings. The van der Waals surface area contributed by atoms with Gasteiger partial charge >= 0.3 is 12.6 Å². The first-order valence-electron chi connectivity index (χ1n) is 7.89. The summed E-state index contributed by atoms with van der Waals surface area (Å²) in [6, 6.07) is 5.46. The summed E-state index contributed by atoms with van der Waals surface area (Å²) < 4.78 is 35.3. The predicted molar refractivity (Wildman–Crippen MR) is 100 cm³/mol. The number of esters is 1. The van der Waals surface area contributed by atoms with Crippen LogP contribution in [0.15, 0.2) is 24.3 Å². The molecule has 0 saturated carbocycles. The third-order valence-electron chi connectivity index (χ3n) is 3.66. The minimum atomic E-state index is -3.01. The molecule has 28 heavy (non-hydrogen) atoms. The van der Waals surface area contributed by atoms with Gasteiger partial charge in [0.15, 0.2) is 6.61 Å². The van der Waals surface area contributed by atoms with E-state index in [1.807, 2.05) is 6.92 Å². The van der Waals surface area contributed by atoms with Gasteiger partial charge in [0.05, 0.1) is 10.7 Å². The number of hydrogen-bond acceptors (Lipinski definition) is 6. The molecule has 0 spiro atoms. The van der Waals surface area contributed by atoms with Gasteiger partial charge in [-0.15, -0.1) is 11.3 Å². The number of alkyl halides is 2. The quantitative estimate of drug-likeness (QED) is 0.599. The van der Waals surface area contributed by atoms with Crippen LogP contribution in [0.4, 0.5) is 14.5 Å². The summed E-state index contributed by atoms with van der Waals surface area (Å²) in [4.78, 5) is 25.3. The average Bonchev–Trinajstić information content (AvgIpc) is 3.17. The summed E-state index contributed by atoms with van der Waals surface area (Å²) in [5, 5.41) is 7.46. The number of benzene rings is 1. The van der Waals surface area contributed by atoms with Crippen molar-refractivity contribution in [3.63, 3.8) is 0 Å². The number of carbonyl (C=O) groups is 2. The van der Waals surface area contributed by atoms with Gasteiger partial charge in [-0.25, -0.2) is 4.79 Å². The SMILES string of the molecule is Cc1nn(C)c2sc(C(=O)OCC(=O)Nc3ccc(OC(F)F)c(Cl)c3)cc12. The summed E-state index contributed by atoms with van der Waals surface area (Å²) in [5.74, 6) is -1.45. The Morgan fingerprint density at radius 3 is 2.75 bits per heavy atom. The van der Waals surface area contributed by atoms with E-state index in [2.05, 4.69) is 15.2 Å². The molecule has 0 saturated heterocycles. The average molecular weight is 430 g/mol. The van der Waals surface area contributed by atoms with E-state index in [4.69, 9.17) is 16.3 Å². The fourth-order valence-corrected chi connectivity index (χ4v) is 3.72. The maximum Gasteiger partial charge on any atom is 0.387 e. The lowest BCUT2D eigenvalue weighted by atomic mass is 10.3. The number of aryl methyl sites for hydroxylation is 2. The van der Waals surface area contributed by atoms with Crippen LogP contribution in [0.2, 0.25) is 5.02 Å². The van der Waals surface area contributed by atoms with Crippen molar-refractivity contribution in [3.05, 3.63) is 39.9 Å². The van der Waals surface area contributed by atoms with Gasteiger partial charge in [-0.1, -0.05) is 11.6 Å². The van der Waals surface area contributed by atoms with Crippen molar-refractivity contribution >= 4 is 50.7 Å². The van der Waals surface area contributed by atoms with E-state index in [1.54, 1.807) is 17.8 Å². The summed E-state index contributed by atoms with van der Waals surface area (Å²) in [7, 11) is 1.77. The number of hydrogen-bond donors (Lipinski definition) is 1. The Morgan fingerprint density at radius 2 is 2.11 bits per heavy atom. The van der Waals surface area contributed by atoms with Crippen LogP contribution in [0, 0.1) is 6.92 Å². The number of thiophene rings is 1. The molecule has 0 bridgehead atoms. The summed E-state index contributed by atoms with van der Waals surface area (Å²) in [6.07, 6.45) is 0. The van der Waals surface area contributed by atoms with E-state index < -0.39 is 25.1 Å². The highest BCUT2D eigenvalue weighted by molar-refractivity contribution is 7.20. The van der Waals surface area contributed by atoms with E-state index >= 15 is 0 Å². The zero-order valence-electron chi connectivity index (χ0n) is 14.7. The van der Waals surface area contributed by atoms with Crippen molar-refractivity contribution in [2.75, 3.05) is 11.9 Å². The first-order chi connectivity index (χ1) is 13.2. The fraction of sp³-hybridized carbons (Fsp3) is 0.235. The smallest absolute Gasteiger partial charge is 0.387 e. The second kappa shape index (κ2) is 8.11. The van der Waals surface area contributed by atoms with Crippen LogP contribution in [0.25, 0.3) is 10.2 Å². The van der Waals surface area contributed by atoms with Crippen molar-refractivity contribution in [1.29, 1.82) is 0 Å². The van der Waals surface area contributed by atoms with Gasteiger partial charge in [0, 0.05) is 18.1 Å². The molecule has 2 aromatic heterocycles. The molecule has 0 unspecified atom stereocenters. The monoisotopic (exact) mass is 429 g/mol. The van der Waals surface area contributed by atoms with Crippen LogP contribution >= 0.6 is 22.9 Å². The molecule has 1 N–H and O–H groups in total. The number of halogens is 3. The maximum atomic E-state index is 12.2. The molecule has 0 fully saturated rings. The number of anilines is 1. The normalized spacial score (nSPS) is 11.1. The molecule has 1 amide bonds. The minimum Gasteiger partial charge on any atom is -0.451 e. The zero-order chi connectivity index (χ0) is 20.4. The van der Waals surface area contributed by atoms with Crippen LogP contribution in [0.1, 0.15) is 15.4 Å². The predicted octanol–water partition coefficient (Wildman–Crippen LogP) is 3.99. The molecule has 148 valence electrons. The number of amides is 1. The number of aromatic nitrogens is 2. The van der Waals surface area contributed by atoms with E-state index in [1.165, 1.54) is 29.5 Å². The number of carbonyl (C=O) groups excluding carboxylic acids is 2. The van der Waals surface area contributed by atoms with Crippen LogP contribution in [-0.4, -0.2) is 34.9 Å². The standard InChI is InChI=1S/C17H14ClF2N3O4S/c1-8-10-6-13(28-15(10)23(2)22-8)16(25)26-7-14(24)21-9-3-4-12(11(18)5-9)27-17(19)20/h3-6,17H,7H2,1-2H3,(H,21,24). The Labute approximate surface area is 166 Å². The first kappa shape index (κ1) is 20.0. The summed E-state index contributed by atoms with van der Waals surface area (Å²) in [6.45, 7) is -1.69. The number of ether oxygens (including phenoxy) is 2. The lowest BCUT2D eigenvalue weighted by Gasteiger charge is -2.09. The number of nitrogens with zero attached hydrogens (tertiary/aromatic N) is 2. The Morgan fingerprint density at radius 1 is 1.36 bits per heavy atom. The fourth-order valence-electron chi connectivity index (χ4n) is 2.48. The van der Waals surface area contributed by atoms with Crippen molar-refractivity contribution in [2.24, 2.45) is 7.05 Å². The van der Waals surface area contributed by atoms with Crippen LogP contribution in [0.3, 0.4) is 0 Å². The van der Waals surface area contributed by atoms with Crippen molar-refractivity contribution in [2.45, 2.75) is 13.5 Å². The molecule has 0 aliphatic heterocycles. The molecule has 0 radical (unpaired) electrons. The summed E-state index contributed by atoms with van der Waals surface area (Å²) in [5.41, 5.74) is 1.04. The molecular weight excluding hydrogens is 416 g/mol. The molecule has 0 aliphatic carbocycles. The molecule has 11 heteroatoms. The molecule has 3 aromatic rings. The highest BCUT2D eigenvalue weighted by Crippen LogP contribution is 2.29. The van der Waals surface area contributed by atoms with Crippen LogP contribution in [0.5, 0.6) is 5.75 Å². The van der Waals surface area contributed by atoms with Crippen molar-refractivity contribution < 1.29 is 27.8 Å². The van der Waals surface area contributed by atoms with Gasteiger partial charge in [0.1, 0.15) is 15.5 Å². The molecule has 7 nitrogen and oxygen atoms in total. The number of fused-ring (bicyclic) bond motifs is 1. The largest absolute Gasteiger partial charge is 0.451 e. The Kier molecular flexibility index (Phi) is 5.80. The van der Waals surface area contributed by atoms with Crippen LogP contribution < -0.4 is 10.1 Å². The van der Waals surface area contributed by atoms with E-state index in [0.29, 0.717) is 4.88 Å². The maximum absolute atomic E-state index is 12.2. The van der Waals surface area contributed by atoms with Gasteiger partial charge in [0.25, 0.3) is 5.91 Å². The highest BCUT2D eigenvalue weighted by Gasteiger charge is 2.17. The molecular formula is C17H14ClF2N3O4S. The van der Waals surface area contributed by atoms with Gasteiger partial charge in [-0.3, -0.25) is 9.48 Å². The Bertz CT molecular complexity index is 1020. The molecule has 1 aromatic carbocycles. The van der Waals surface area contributed by atoms with E-state index in [-0.39, 0.29) is 16.5 Å². The number of rotatable bonds is 6. The third kappa shape index (κ3) is 4.39. The zero-order valence-corrected chi connectivity index (χ0v) is 16.2. The highest BCUT2D eigenvalue weighted by atomic mass is 35.5. The van der Waals surface area contributed by atoms with Gasteiger partial charge in [-0.05, 0) is 31.2 Å². The summed E-state index contributed by atoms with van der Waals surface area (Å²) >= 11 is 7.04. The van der Waals surface area contributed by atoms with Crippen molar-refractivity contribution in [3.8, 4) is 5.75 Å². The van der Waals surface area contributed by atoms with Gasteiger partial charge in [0.2, 0.25) is 0 Å².